The Morgan fingerprint density at radius 3 is 2.41 bits per heavy atom. The lowest BCUT2D eigenvalue weighted by atomic mass is 9.72. The molecular formula is C22H20NO3S+. The molecular weight excluding hydrogens is 358 g/mol. The van der Waals surface area contributed by atoms with Crippen molar-refractivity contribution in [2.45, 2.75) is 36.3 Å². The van der Waals surface area contributed by atoms with Crippen molar-refractivity contribution in [3.63, 3.8) is 0 Å². The Morgan fingerprint density at radius 1 is 0.926 bits per heavy atom. The molecule has 0 N–H and O–H groups in total. The summed E-state index contributed by atoms with van der Waals surface area (Å²) in [5.41, 5.74) is 4.56. The standard InChI is InChI=1S/C22H20NO3S/c1-15-9-11-16(12-10-15)27(24,25)26-21-14-20-17-6-2-3-7-18(17)22(21)19-8-4-5-13-23(19)20/h2-13,20-22H,14H2,1H3/q+1/t20-,21-,22-/m1/s1. The van der Waals surface area contributed by atoms with Crippen LogP contribution in [0.4, 0.5) is 0 Å². The zero-order valence-corrected chi connectivity index (χ0v) is 15.8. The van der Waals surface area contributed by atoms with Crippen LogP contribution in [-0.4, -0.2) is 14.5 Å². The zero-order chi connectivity index (χ0) is 18.6. The third-order valence-corrected chi connectivity index (χ3v) is 7.00. The van der Waals surface area contributed by atoms with Gasteiger partial charge in [0.1, 0.15) is 6.10 Å². The van der Waals surface area contributed by atoms with Crippen LogP contribution in [0.2, 0.25) is 0 Å². The van der Waals surface area contributed by atoms with Gasteiger partial charge in [0.05, 0.1) is 10.8 Å². The Hall–Kier alpha value is -2.50. The number of hydrogen-bond donors (Lipinski definition) is 0. The molecule has 3 atom stereocenters. The molecule has 4 nitrogen and oxygen atoms in total. The van der Waals surface area contributed by atoms with Crippen molar-refractivity contribution in [1.29, 1.82) is 0 Å². The molecule has 0 saturated heterocycles. The average molecular weight is 378 g/mol. The Labute approximate surface area is 159 Å². The lowest BCUT2D eigenvalue weighted by Gasteiger charge is -2.39. The van der Waals surface area contributed by atoms with Crippen LogP contribution < -0.4 is 4.57 Å². The molecule has 2 aliphatic heterocycles. The molecule has 136 valence electrons. The first-order valence-electron chi connectivity index (χ1n) is 9.13. The highest BCUT2D eigenvalue weighted by Crippen LogP contribution is 2.46. The highest BCUT2D eigenvalue weighted by molar-refractivity contribution is 7.86. The van der Waals surface area contributed by atoms with E-state index in [1.54, 1.807) is 24.3 Å². The van der Waals surface area contributed by atoms with Gasteiger partial charge in [0.15, 0.2) is 17.9 Å². The number of fused-ring (bicyclic) bond motifs is 1. The van der Waals surface area contributed by atoms with Crippen molar-refractivity contribution < 1.29 is 17.2 Å². The van der Waals surface area contributed by atoms with Gasteiger partial charge in [-0.05, 0) is 24.6 Å². The lowest BCUT2D eigenvalue weighted by molar-refractivity contribution is -0.732. The van der Waals surface area contributed by atoms with Gasteiger partial charge in [-0.3, -0.25) is 4.18 Å². The number of aromatic nitrogens is 1. The number of hydrogen-bond acceptors (Lipinski definition) is 3. The van der Waals surface area contributed by atoms with E-state index in [1.165, 1.54) is 11.1 Å². The van der Waals surface area contributed by atoms with Gasteiger partial charge in [-0.15, -0.1) is 0 Å². The van der Waals surface area contributed by atoms with E-state index in [-0.39, 0.29) is 16.9 Å². The second kappa shape index (κ2) is 6.01. The normalized spacial score (nSPS) is 22.9. The van der Waals surface area contributed by atoms with Gasteiger partial charge in [0.2, 0.25) is 0 Å². The molecule has 5 heteroatoms. The summed E-state index contributed by atoms with van der Waals surface area (Å²) in [6, 6.07) is 21.3. The summed E-state index contributed by atoms with van der Waals surface area (Å²) in [7, 11) is -3.81. The fourth-order valence-corrected chi connectivity index (χ4v) is 5.52. The topological polar surface area (TPSA) is 47.3 Å². The molecule has 2 bridgehead atoms. The largest absolute Gasteiger partial charge is 0.297 e. The van der Waals surface area contributed by atoms with E-state index >= 15 is 0 Å². The van der Waals surface area contributed by atoms with Gasteiger partial charge in [-0.2, -0.15) is 13.0 Å². The second-order valence-corrected chi connectivity index (χ2v) is 8.86. The first-order chi connectivity index (χ1) is 13.0. The molecule has 3 aromatic rings. The summed E-state index contributed by atoms with van der Waals surface area (Å²) in [5.74, 6) is -0.0902. The summed E-state index contributed by atoms with van der Waals surface area (Å²) in [6.45, 7) is 1.93. The number of pyridine rings is 1. The molecule has 1 aromatic heterocycles. The van der Waals surface area contributed by atoms with E-state index in [9.17, 15) is 8.42 Å². The maximum Gasteiger partial charge on any atom is 0.297 e. The van der Waals surface area contributed by atoms with Gasteiger partial charge < -0.3 is 0 Å². The third kappa shape index (κ3) is 2.61. The first-order valence-corrected chi connectivity index (χ1v) is 10.5. The van der Waals surface area contributed by atoms with Crippen molar-refractivity contribution in [3.8, 4) is 0 Å². The van der Waals surface area contributed by atoms with Crippen molar-refractivity contribution in [1.82, 2.24) is 0 Å². The SMILES string of the molecule is Cc1ccc(S(=O)(=O)O[C@@H]2C[C@@H]3c4ccccc4[C@@H]2c2cccc[n+]23)cc1. The predicted molar refractivity (Wildman–Crippen MR) is 101 cm³/mol. The summed E-state index contributed by atoms with van der Waals surface area (Å²) >= 11 is 0. The molecule has 0 saturated carbocycles. The molecule has 27 heavy (non-hydrogen) atoms. The quantitative estimate of drug-likeness (QED) is 0.518. The van der Waals surface area contributed by atoms with Crippen LogP contribution in [0.3, 0.4) is 0 Å². The number of rotatable bonds is 3. The molecule has 0 fully saturated rings. The van der Waals surface area contributed by atoms with Crippen LogP contribution in [0.1, 0.15) is 40.8 Å². The Balaban J connectivity index is 1.57. The van der Waals surface area contributed by atoms with E-state index in [1.807, 2.05) is 31.2 Å². The maximum atomic E-state index is 12.9. The predicted octanol–water partition coefficient (Wildman–Crippen LogP) is 3.50. The van der Waals surface area contributed by atoms with Crippen molar-refractivity contribution >= 4 is 10.1 Å². The third-order valence-electron chi connectivity index (χ3n) is 5.65. The van der Waals surface area contributed by atoms with E-state index in [0.717, 1.165) is 11.3 Å². The van der Waals surface area contributed by atoms with Crippen LogP contribution in [0.25, 0.3) is 0 Å². The Kier molecular flexibility index (Phi) is 3.71. The van der Waals surface area contributed by atoms with Gasteiger partial charge in [0, 0.05) is 24.1 Å². The van der Waals surface area contributed by atoms with Crippen molar-refractivity contribution in [2.75, 3.05) is 0 Å². The van der Waals surface area contributed by atoms with Gasteiger partial charge in [-0.25, -0.2) is 0 Å². The first kappa shape index (κ1) is 16.7. The second-order valence-electron chi connectivity index (χ2n) is 7.29. The number of nitrogens with zero attached hydrogens (tertiary/aromatic N) is 1. The van der Waals surface area contributed by atoms with E-state index in [2.05, 4.69) is 29.0 Å². The molecule has 6 rings (SSSR count). The number of benzene rings is 2. The molecule has 3 heterocycles. The van der Waals surface area contributed by atoms with Crippen LogP contribution >= 0.6 is 0 Å². The van der Waals surface area contributed by atoms with E-state index < -0.39 is 16.2 Å². The molecule has 2 aromatic carbocycles. The number of aryl methyl sites for hydroxylation is 1. The van der Waals surface area contributed by atoms with Gasteiger partial charge in [0.25, 0.3) is 10.1 Å². The minimum atomic E-state index is -3.81. The van der Waals surface area contributed by atoms with Crippen LogP contribution in [0.5, 0.6) is 0 Å². The van der Waals surface area contributed by atoms with Crippen LogP contribution in [0.15, 0.2) is 77.8 Å². The van der Waals surface area contributed by atoms with Crippen molar-refractivity contribution in [2.24, 2.45) is 0 Å². The maximum absolute atomic E-state index is 12.9. The summed E-state index contributed by atoms with van der Waals surface area (Å²) < 4.78 is 33.8. The van der Waals surface area contributed by atoms with E-state index in [0.29, 0.717) is 6.42 Å². The Morgan fingerprint density at radius 2 is 1.63 bits per heavy atom. The Bertz CT molecular complexity index is 1070. The summed E-state index contributed by atoms with van der Waals surface area (Å²) in [4.78, 5) is 0.212. The average Bonchev–Trinajstić information content (AvgIpc) is 2.68. The van der Waals surface area contributed by atoms with Crippen molar-refractivity contribution in [3.05, 3.63) is 95.3 Å². The molecule has 0 amide bonds. The van der Waals surface area contributed by atoms with E-state index in [4.69, 9.17) is 4.18 Å². The molecule has 0 radical (unpaired) electrons. The van der Waals surface area contributed by atoms with Crippen LogP contribution in [0, 0.1) is 6.92 Å². The molecule has 0 unspecified atom stereocenters. The smallest absolute Gasteiger partial charge is 0.261 e. The highest BCUT2D eigenvalue weighted by atomic mass is 32.2. The molecule has 0 spiro atoms. The minimum Gasteiger partial charge on any atom is -0.261 e. The monoisotopic (exact) mass is 378 g/mol. The fourth-order valence-electron chi connectivity index (χ4n) is 4.43. The van der Waals surface area contributed by atoms with Gasteiger partial charge >= 0.3 is 0 Å². The lowest BCUT2D eigenvalue weighted by Crippen LogP contribution is -2.56. The zero-order valence-electron chi connectivity index (χ0n) is 14.9. The summed E-state index contributed by atoms with van der Waals surface area (Å²) in [6.07, 6.45) is 2.32. The highest BCUT2D eigenvalue weighted by Gasteiger charge is 2.51. The summed E-state index contributed by atoms with van der Waals surface area (Å²) in [5, 5.41) is 0. The molecule has 1 aliphatic carbocycles. The van der Waals surface area contributed by atoms with Gasteiger partial charge in [-0.1, -0.05) is 48.0 Å². The molecule has 3 aliphatic rings. The fraction of sp³-hybridized carbons (Fsp3) is 0.227. The van der Waals surface area contributed by atoms with Crippen LogP contribution in [-0.2, 0) is 14.3 Å². The minimum absolute atomic E-state index is 0.0902.